The van der Waals surface area contributed by atoms with Gasteiger partial charge in [0.25, 0.3) is 0 Å². The fourth-order valence-electron chi connectivity index (χ4n) is 1.61. The molecule has 2 aromatic rings. The summed E-state index contributed by atoms with van der Waals surface area (Å²) in [5, 5.41) is 12.0. The second kappa shape index (κ2) is 5.91. The minimum absolute atomic E-state index is 0.269. The van der Waals surface area contributed by atoms with Gasteiger partial charge >= 0.3 is 0 Å². The number of rotatable bonds is 5. The predicted molar refractivity (Wildman–Crippen MR) is 71.5 cm³/mol. The maximum atomic E-state index is 8.99. The van der Waals surface area contributed by atoms with E-state index in [1.54, 1.807) is 0 Å². The number of oxazole rings is 1. The maximum Gasteiger partial charge on any atom is 0.236 e. The Morgan fingerprint density at radius 1 is 1.32 bits per heavy atom. The van der Waals surface area contributed by atoms with Crippen LogP contribution in [0.25, 0.3) is 0 Å². The Bertz CT molecular complexity index is 582. The van der Waals surface area contributed by atoms with Gasteiger partial charge in [-0.3, -0.25) is 0 Å². The SMILES string of the molecule is CCOc1ccc(Nc2oc(CC)nc2C#N)cc1. The van der Waals surface area contributed by atoms with Gasteiger partial charge in [0.15, 0.2) is 5.89 Å². The van der Waals surface area contributed by atoms with E-state index in [9.17, 15) is 0 Å². The van der Waals surface area contributed by atoms with Gasteiger partial charge in [-0.1, -0.05) is 6.92 Å². The van der Waals surface area contributed by atoms with Gasteiger partial charge in [0.2, 0.25) is 11.6 Å². The summed E-state index contributed by atoms with van der Waals surface area (Å²) in [5.74, 6) is 1.73. The van der Waals surface area contributed by atoms with Gasteiger partial charge in [0.1, 0.15) is 11.8 Å². The number of nitrogens with one attached hydrogen (secondary N) is 1. The molecule has 0 fully saturated rings. The highest BCUT2D eigenvalue weighted by molar-refractivity contribution is 5.60. The lowest BCUT2D eigenvalue weighted by atomic mass is 10.3. The monoisotopic (exact) mass is 257 g/mol. The van der Waals surface area contributed by atoms with Crippen LogP contribution in [0.15, 0.2) is 28.7 Å². The summed E-state index contributed by atoms with van der Waals surface area (Å²) in [4.78, 5) is 4.08. The third-order valence-electron chi connectivity index (χ3n) is 2.50. The molecule has 0 amide bonds. The summed E-state index contributed by atoms with van der Waals surface area (Å²) in [6.07, 6.45) is 0.652. The van der Waals surface area contributed by atoms with E-state index >= 15 is 0 Å². The Morgan fingerprint density at radius 3 is 2.63 bits per heavy atom. The number of anilines is 2. The van der Waals surface area contributed by atoms with E-state index in [1.165, 1.54) is 0 Å². The molecule has 0 spiro atoms. The summed E-state index contributed by atoms with van der Waals surface area (Å²) in [6, 6.07) is 9.45. The molecule has 2 rings (SSSR count). The molecule has 1 aromatic heterocycles. The molecule has 0 radical (unpaired) electrons. The molecule has 19 heavy (non-hydrogen) atoms. The third kappa shape index (κ3) is 3.05. The molecule has 1 heterocycles. The van der Waals surface area contributed by atoms with Crippen molar-refractivity contribution in [3.63, 3.8) is 0 Å². The average molecular weight is 257 g/mol. The number of nitrogens with zero attached hydrogens (tertiary/aromatic N) is 2. The van der Waals surface area contributed by atoms with Gasteiger partial charge in [-0.25, -0.2) is 4.98 Å². The zero-order valence-electron chi connectivity index (χ0n) is 10.9. The van der Waals surface area contributed by atoms with Crippen molar-refractivity contribution in [2.24, 2.45) is 0 Å². The van der Waals surface area contributed by atoms with Gasteiger partial charge in [0, 0.05) is 12.1 Å². The lowest BCUT2D eigenvalue weighted by Gasteiger charge is -2.05. The Labute approximate surface area is 111 Å². The fraction of sp³-hybridized carbons (Fsp3) is 0.286. The van der Waals surface area contributed by atoms with Crippen molar-refractivity contribution < 1.29 is 9.15 Å². The number of hydrogen-bond acceptors (Lipinski definition) is 5. The number of nitriles is 1. The molecule has 0 saturated carbocycles. The standard InChI is InChI=1S/C14H15N3O2/c1-3-13-17-12(9-15)14(19-13)16-10-5-7-11(8-6-10)18-4-2/h5-8,16H,3-4H2,1-2H3. The summed E-state index contributed by atoms with van der Waals surface area (Å²) in [5.41, 5.74) is 1.09. The number of hydrogen-bond donors (Lipinski definition) is 1. The molecule has 1 N–H and O–H groups in total. The third-order valence-corrected chi connectivity index (χ3v) is 2.50. The minimum Gasteiger partial charge on any atom is -0.494 e. The van der Waals surface area contributed by atoms with Gasteiger partial charge in [-0.05, 0) is 31.2 Å². The van der Waals surface area contributed by atoms with E-state index in [0.29, 0.717) is 24.8 Å². The number of ether oxygens (including phenoxy) is 1. The van der Waals surface area contributed by atoms with E-state index < -0.39 is 0 Å². The summed E-state index contributed by atoms with van der Waals surface area (Å²) in [7, 11) is 0. The molecule has 98 valence electrons. The maximum absolute atomic E-state index is 8.99. The van der Waals surface area contributed by atoms with Crippen LogP contribution in [0, 0.1) is 11.3 Å². The van der Waals surface area contributed by atoms with Crippen molar-refractivity contribution in [3.8, 4) is 11.8 Å². The summed E-state index contributed by atoms with van der Waals surface area (Å²) in [6.45, 7) is 4.49. The molecule has 5 heteroatoms. The highest BCUT2D eigenvalue weighted by Crippen LogP contribution is 2.23. The number of aromatic nitrogens is 1. The Morgan fingerprint density at radius 2 is 2.05 bits per heavy atom. The van der Waals surface area contributed by atoms with Gasteiger partial charge in [-0.15, -0.1) is 0 Å². The van der Waals surface area contributed by atoms with Crippen molar-refractivity contribution in [1.29, 1.82) is 5.26 Å². The molecular weight excluding hydrogens is 242 g/mol. The van der Waals surface area contributed by atoms with Gasteiger partial charge < -0.3 is 14.5 Å². The molecule has 1 aromatic carbocycles. The summed E-state index contributed by atoms with van der Waals surface area (Å²) < 4.78 is 10.8. The van der Waals surface area contributed by atoms with Crippen molar-refractivity contribution in [2.75, 3.05) is 11.9 Å². The summed E-state index contributed by atoms with van der Waals surface area (Å²) >= 11 is 0. The first-order valence-corrected chi connectivity index (χ1v) is 6.16. The molecule has 0 saturated heterocycles. The van der Waals surface area contributed by atoms with Crippen LogP contribution in [0.4, 0.5) is 11.6 Å². The average Bonchev–Trinajstić information content (AvgIpc) is 2.83. The molecule has 0 bridgehead atoms. The quantitative estimate of drug-likeness (QED) is 0.890. The van der Waals surface area contributed by atoms with E-state index in [0.717, 1.165) is 11.4 Å². The van der Waals surface area contributed by atoms with E-state index in [1.807, 2.05) is 44.2 Å². The van der Waals surface area contributed by atoms with Crippen LogP contribution in [0.1, 0.15) is 25.4 Å². The molecule has 0 atom stereocenters. The van der Waals surface area contributed by atoms with Crippen LogP contribution in [0.5, 0.6) is 5.75 Å². The van der Waals surface area contributed by atoms with Crippen LogP contribution in [-0.2, 0) is 6.42 Å². The number of aryl methyl sites for hydroxylation is 1. The Hall–Kier alpha value is -2.48. The topological polar surface area (TPSA) is 71.1 Å². The van der Waals surface area contributed by atoms with Crippen molar-refractivity contribution in [3.05, 3.63) is 35.9 Å². The second-order valence-electron chi connectivity index (χ2n) is 3.83. The van der Waals surface area contributed by atoms with Crippen molar-refractivity contribution >= 4 is 11.6 Å². The highest BCUT2D eigenvalue weighted by atomic mass is 16.5. The molecule has 0 aliphatic heterocycles. The van der Waals surface area contributed by atoms with Crippen LogP contribution in [0.2, 0.25) is 0 Å². The lowest BCUT2D eigenvalue weighted by molar-refractivity contribution is 0.340. The normalized spacial score (nSPS) is 9.95. The molecule has 0 unspecified atom stereocenters. The first-order chi connectivity index (χ1) is 9.26. The lowest BCUT2D eigenvalue weighted by Crippen LogP contribution is -1.93. The molecule has 0 aliphatic carbocycles. The number of benzene rings is 1. The molecule has 0 aliphatic rings. The first-order valence-electron chi connectivity index (χ1n) is 6.16. The van der Waals surface area contributed by atoms with Crippen LogP contribution < -0.4 is 10.1 Å². The Balaban J connectivity index is 2.16. The van der Waals surface area contributed by atoms with E-state index in [2.05, 4.69) is 10.3 Å². The van der Waals surface area contributed by atoms with Crippen LogP contribution in [-0.4, -0.2) is 11.6 Å². The van der Waals surface area contributed by atoms with Crippen molar-refractivity contribution in [1.82, 2.24) is 4.98 Å². The highest BCUT2D eigenvalue weighted by Gasteiger charge is 2.11. The van der Waals surface area contributed by atoms with E-state index in [-0.39, 0.29) is 5.69 Å². The second-order valence-corrected chi connectivity index (χ2v) is 3.83. The molecule has 5 nitrogen and oxygen atoms in total. The zero-order valence-corrected chi connectivity index (χ0v) is 10.9. The van der Waals surface area contributed by atoms with Gasteiger partial charge in [0.05, 0.1) is 6.61 Å². The van der Waals surface area contributed by atoms with Gasteiger partial charge in [-0.2, -0.15) is 5.26 Å². The fourth-order valence-corrected chi connectivity index (χ4v) is 1.61. The molecular formula is C14H15N3O2. The van der Waals surface area contributed by atoms with Crippen LogP contribution in [0.3, 0.4) is 0 Å². The zero-order chi connectivity index (χ0) is 13.7. The largest absolute Gasteiger partial charge is 0.494 e. The minimum atomic E-state index is 0.269. The predicted octanol–water partition coefficient (Wildman–Crippen LogP) is 3.25. The Kier molecular flexibility index (Phi) is 4.04. The first kappa shape index (κ1) is 13.0. The van der Waals surface area contributed by atoms with E-state index in [4.69, 9.17) is 14.4 Å². The van der Waals surface area contributed by atoms with Crippen LogP contribution >= 0.6 is 0 Å². The van der Waals surface area contributed by atoms with Crippen molar-refractivity contribution in [2.45, 2.75) is 20.3 Å². The smallest absolute Gasteiger partial charge is 0.236 e.